The average Bonchev–Trinajstić information content (AvgIpc) is 2.47. The maximum absolute atomic E-state index is 5.63. The van der Waals surface area contributed by atoms with Gasteiger partial charge in [0.25, 0.3) is 0 Å². The monoisotopic (exact) mass is 264 g/mol. The number of rotatable bonds is 7. The van der Waals surface area contributed by atoms with Gasteiger partial charge in [-0.1, -0.05) is 0 Å². The number of anilines is 1. The number of nitrogens with zero attached hydrogens (tertiary/aromatic N) is 3. The van der Waals surface area contributed by atoms with Crippen LogP contribution in [0.1, 0.15) is 30.5 Å². The summed E-state index contributed by atoms with van der Waals surface area (Å²) in [6.07, 6.45) is 7.33. The summed E-state index contributed by atoms with van der Waals surface area (Å²) in [7, 11) is 1.73. The van der Waals surface area contributed by atoms with Gasteiger partial charge in [0.05, 0.1) is 6.61 Å². The lowest BCUT2D eigenvalue weighted by molar-refractivity contribution is 0.205. The van der Waals surface area contributed by atoms with E-state index >= 15 is 0 Å². The van der Waals surface area contributed by atoms with Crippen molar-refractivity contribution >= 4 is 5.82 Å². The van der Waals surface area contributed by atoms with E-state index in [2.05, 4.69) is 14.9 Å². The van der Waals surface area contributed by atoms with Gasteiger partial charge in [-0.3, -0.25) is 0 Å². The Labute approximate surface area is 115 Å². The molecule has 0 bridgehead atoms. The summed E-state index contributed by atoms with van der Waals surface area (Å²) in [6.45, 7) is 3.21. The van der Waals surface area contributed by atoms with Gasteiger partial charge in [0, 0.05) is 31.5 Å². The summed E-state index contributed by atoms with van der Waals surface area (Å²) in [4.78, 5) is 11.2. The number of methoxy groups -OCH3 is 1. The van der Waals surface area contributed by atoms with Crippen LogP contribution in [-0.2, 0) is 17.6 Å². The van der Waals surface area contributed by atoms with E-state index in [4.69, 9.17) is 10.5 Å². The van der Waals surface area contributed by atoms with Gasteiger partial charge in [-0.25, -0.2) is 9.97 Å². The molecular formula is C14H24N4O. The first-order valence-corrected chi connectivity index (χ1v) is 7.13. The van der Waals surface area contributed by atoms with Gasteiger partial charge in [-0.2, -0.15) is 0 Å². The number of nitrogens with two attached hydrogens (primary N) is 1. The lowest BCUT2D eigenvalue weighted by Gasteiger charge is -2.27. The Morgan fingerprint density at radius 3 is 2.89 bits per heavy atom. The zero-order chi connectivity index (χ0) is 13.5. The Balaban J connectivity index is 2.19. The first kappa shape index (κ1) is 14.2. The molecule has 0 saturated heterocycles. The topological polar surface area (TPSA) is 64.3 Å². The molecule has 1 heterocycles. The van der Waals surface area contributed by atoms with Crippen LogP contribution in [0.15, 0.2) is 6.33 Å². The Kier molecular flexibility index (Phi) is 5.54. The molecule has 5 nitrogen and oxygen atoms in total. The molecule has 19 heavy (non-hydrogen) atoms. The van der Waals surface area contributed by atoms with Crippen LogP contribution in [0, 0.1) is 0 Å². The lowest BCUT2D eigenvalue weighted by atomic mass is 9.96. The fraction of sp³-hybridized carbons (Fsp3) is 0.714. The van der Waals surface area contributed by atoms with E-state index in [9.17, 15) is 0 Å². The average molecular weight is 264 g/mol. The fourth-order valence-electron chi connectivity index (χ4n) is 2.58. The van der Waals surface area contributed by atoms with Crippen LogP contribution < -0.4 is 10.6 Å². The summed E-state index contributed by atoms with van der Waals surface area (Å²) in [5.41, 5.74) is 8.19. The van der Waals surface area contributed by atoms with Crippen LogP contribution in [0.25, 0.3) is 0 Å². The summed E-state index contributed by atoms with van der Waals surface area (Å²) in [5.74, 6) is 1.09. The molecule has 0 atom stereocenters. The zero-order valence-electron chi connectivity index (χ0n) is 11.8. The second kappa shape index (κ2) is 7.40. The molecule has 0 amide bonds. The highest BCUT2D eigenvalue weighted by Crippen LogP contribution is 2.27. The minimum Gasteiger partial charge on any atom is -0.383 e. The molecule has 1 aliphatic rings. The van der Waals surface area contributed by atoms with Crippen LogP contribution in [0.5, 0.6) is 0 Å². The van der Waals surface area contributed by atoms with E-state index < -0.39 is 0 Å². The Hall–Kier alpha value is -1.20. The highest BCUT2D eigenvalue weighted by atomic mass is 16.5. The maximum Gasteiger partial charge on any atom is 0.135 e. The molecule has 0 saturated carbocycles. The quantitative estimate of drug-likeness (QED) is 0.800. The van der Waals surface area contributed by atoms with Crippen molar-refractivity contribution in [3.63, 3.8) is 0 Å². The van der Waals surface area contributed by atoms with E-state index in [-0.39, 0.29) is 0 Å². The normalized spacial score (nSPS) is 14.2. The van der Waals surface area contributed by atoms with Crippen LogP contribution in [0.3, 0.4) is 0 Å². The number of hydrogen-bond donors (Lipinski definition) is 1. The molecule has 0 aromatic carbocycles. The molecule has 5 heteroatoms. The summed E-state index contributed by atoms with van der Waals surface area (Å²) >= 11 is 0. The third-order valence-electron chi connectivity index (χ3n) is 3.60. The van der Waals surface area contributed by atoms with Crippen molar-refractivity contribution in [2.24, 2.45) is 5.73 Å². The predicted molar refractivity (Wildman–Crippen MR) is 76.4 cm³/mol. The highest BCUT2D eigenvalue weighted by Gasteiger charge is 2.19. The summed E-state index contributed by atoms with van der Waals surface area (Å²) in [5, 5.41) is 0. The maximum atomic E-state index is 5.63. The molecule has 0 unspecified atom stereocenters. The van der Waals surface area contributed by atoms with Crippen molar-refractivity contribution in [2.45, 2.75) is 32.1 Å². The van der Waals surface area contributed by atoms with Crippen LogP contribution in [0.4, 0.5) is 5.82 Å². The summed E-state index contributed by atoms with van der Waals surface area (Å²) < 4.78 is 5.20. The number of ether oxygens (including phenoxy) is 1. The van der Waals surface area contributed by atoms with E-state index in [1.165, 1.54) is 24.1 Å². The Morgan fingerprint density at radius 2 is 2.11 bits per heavy atom. The van der Waals surface area contributed by atoms with Crippen molar-refractivity contribution in [3.05, 3.63) is 17.6 Å². The molecule has 1 aromatic heterocycles. The van der Waals surface area contributed by atoms with Gasteiger partial charge < -0.3 is 15.4 Å². The molecular weight excluding hydrogens is 240 g/mol. The molecule has 2 N–H and O–H groups in total. The van der Waals surface area contributed by atoms with E-state index in [1.54, 1.807) is 13.4 Å². The Morgan fingerprint density at radius 1 is 1.26 bits per heavy atom. The first-order valence-electron chi connectivity index (χ1n) is 7.13. The van der Waals surface area contributed by atoms with Crippen molar-refractivity contribution in [3.8, 4) is 0 Å². The van der Waals surface area contributed by atoms with E-state index in [1.807, 2.05) is 0 Å². The van der Waals surface area contributed by atoms with Gasteiger partial charge in [-0.05, 0) is 38.6 Å². The number of fused-ring (bicyclic) bond motifs is 1. The van der Waals surface area contributed by atoms with Crippen molar-refractivity contribution in [1.82, 2.24) is 9.97 Å². The smallest absolute Gasteiger partial charge is 0.135 e. The molecule has 0 radical (unpaired) electrons. The summed E-state index contributed by atoms with van der Waals surface area (Å²) in [6, 6.07) is 0. The van der Waals surface area contributed by atoms with Gasteiger partial charge >= 0.3 is 0 Å². The third kappa shape index (κ3) is 3.64. The second-order valence-electron chi connectivity index (χ2n) is 4.95. The van der Waals surface area contributed by atoms with Crippen molar-refractivity contribution in [2.75, 3.05) is 38.3 Å². The molecule has 0 fully saturated rings. The first-order chi connectivity index (χ1) is 9.36. The minimum atomic E-state index is 0.705. The fourth-order valence-corrected chi connectivity index (χ4v) is 2.58. The second-order valence-corrected chi connectivity index (χ2v) is 4.95. The third-order valence-corrected chi connectivity index (χ3v) is 3.60. The lowest BCUT2D eigenvalue weighted by Crippen LogP contribution is -2.32. The molecule has 1 aromatic rings. The molecule has 2 rings (SSSR count). The number of aromatic nitrogens is 2. The van der Waals surface area contributed by atoms with Crippen LogP contribution >= 0.6 is 0 Å². The standard InChI is InChI=1S/C14H24N4O/c1-19-10-9-18(8-4-7-15)14-12-5-2-3-6-13(12)16-11-17-14/h11H,2-10,15H2,1H3. The van der Waals surface area contributed by atoms with E-state index in [0.29, 0.717) is 13.2 Å². The van der Waals surface area contributed by atoms with Crippen molar-refractivity contribution in [1.29, 1.82) is 0 Å². The number of hydrogen-bond acceptors (Lipinski definition) is 5. The van der Waals surface area contributed by atoms with Crippen molar-refractivity contribution < 1.29 is 4.74 Å². The van der Waals surface area contributed by atoms with E-state index in [0.717, 1.165) is 38.2 Å². The molecule has 1 aliphatic carbocycles. The van der Waals surface area contributed by atoms with Crippen LogP contribution in [0.2, 0.25) is 0 Å². The van der Waals surface area contributed by atoms with Gasteiger partial charge in [-0.15, -0.1) is 0 Å². The minimum absolute atomic E-state index is 0.705. The largest absolute Gasteiger partial charge is 0.383 e. The predicted octanol–water partition coefficient (Wildman–Crippen LogP) is 1.16. The molecule has 0 aliphatic heterocycles. The molecule has 106 valence electrons. The SMILES string of the molecule is COCCN(CCCN)c1ncnc2c1CCCC2. The van der Waals surface area contributed by atoms with Crippen LogP contribution in [-0.4, -0.2) is 43.3 Å². The van der Waals surface area contributed by atoms with Gasteiger partial charge in [0.2, 0.25) is 0 Å². The zero-order valence-corrected chi connectivity index (χ0v) is 11.8. The number of aryl methyl sites for hydroxylation is 1. The Bertz CT molecular complexity index is 389. The van der Waals surface area contributed by atoms with Gasteiger partial charge in [0.1, 0.15) is 12.1 Å². The van der Waals surface area contributed by atoms with Gasteiger partial charge in [0.15, 0.2) is 0 Å². The molecule has 0 spiro atoms. The highest BCUT2D eigenvalue weighted by molar-refractivity contribution is 5.49.